The van der Waals surface area contributed by atoms with E-state index in [0.29, 0.717) is 17.0 Å². The molecule has 88 valence electrons. The van der Waals surface area contributed by atoms with Gasteiger partial charge in [-0.3, -0.25) is 0 Å². The Morgan fingerprint density at radius 1 is 1.53 bits per heavy atom. The molecule has 0 saturated heterocycles. The lowest BCUT2D eigenvalue weighted by Crippen LogP contribution is -1.99. The van der Waals surface area contributed by atoms with Crippen LogP contribution in [0.5, 0.6) is 0 Å². The molecule has 1 aromatic carbocycles. The molecular weight excluding hydrogens is 302 g/mol. The van der Waals surface area contributed by atoms with Crippen LogP contribution in [-0.2, 0) is 6.42 Å². The summed E-state index contributed by atoms with van der Waals surface area (Å²) < 4.78 is 0.985. The fourth-order valence-electron chi connectivity index (χ4n) is 1.60. The number of benzene rings is 1. The predicted octanol–water partition coefficient (Wildman–Crippen LogP) is 3.50. The minimum atomic E-state index is -0.902. The van der Waals surface area contributed by atoms with E-state index in [4.69, 9.17) is 5.11 Å². The van der Waals surface area contributed by atoms with Gasteiger partial charge in [0.1, 0.15) is 4.88 Å². The Labute approximate surface area is 111 Å². The second-order valence-corrected chi connectivity index (χ2v) is 5.74. The number of halogens is 1. The third-order valence-corrected chi connectivity index (χ3v) is 3.75. The lowest BCUT2D eigenvalue weighted by atomic mass is 10.1. The Balaban J connectivity index is 2.32. The van der Waals surface area contributed by atoms with Crippen molar-refractivity contribution in [1.82, 2.24) is 4.98 Å². The number of carboxylic acids is 1. The largest absolute Gasteiger partial charge is 0.477 e. The summed E-state index contributed by atoms with van der Waals surface area (Å²) in [6.07, 6.45) is 0.547. The number of carbonyl (C=O) groups is 1. The molecule has 0 aliphatic heterocycles. The highest BCUT2D eigenvalue weighted by molar-refractivity contribution is 9.10. The highest BCUT2D eigenvalue weighted by Gasteiger charge is 2.15. The molecule has 1 aromatic heterocycles. The van der Waals surface area contributed by atoms with Gasteiger partial charge in [0.05, 0.1) is 10.7 Å². The lowest BCUT2D eigenvalue weighted by molar-refractivity contribution is 0.0701. The first kappa shape index (κ1) is 12.3. The van der Waals surface area contributed by atoms with Gasteiger partial charge < -0.3 is 5.11 Å². The predicted molar refractivity (Wildman–Crippen MR) is 70.8 cm³/mol. The van der Waals surface area contributed by atoms with E-state index in [9.17, 15) is 4.79 Å². The standard InChI is InChI=1S/C12H10BrNO2S/c1-7-14-10(11(17-7)12(15)16)6-8-3-2-4-9(13)5-8/h2-5H,6H2,1H3,(H,15,16). The molecule has 0 spiro atoms. The molecule has 5 heteroatoms. The average molecular weight is 312 g/mol. The Morgan fingerprint density at radius 2 is 2.29 bits per heavy atom. The normalized spacial score (nSPS) is 10.5. The summed E-state index contributed by atoms with van der Waals surface area (Å²) in [7, 11) is 0. The summed E-state index contributed by atoms with van der Waals surface area (Å²) in [5.74, 6) is -0.902. The zero-order valence-corrected chi connectivity index (χ0v) is 11.5. The quantitative estimate of drug-likeness (QED) is 0.943. The number of thiazole rings is 1. The fraction of sp³-hybridized carbons (Fsp3) is 0.167. The van der Waals surface area contributed by atoms with Crippen LogP contribution in [0.4, 0.5) is 0 Å². The zero-order valence-electron chi connectivity index (χ0n) is 9.11. The molecule has 0 bridgehead atoms. The Morgan fingerprint density at radius 3 is 2.94 bits per heavy atom. The summed E-state index contributed by atoms with van der Waals surface area (Å²) in [4.78, 5) is 15.7. The van der Waals surface area contributed by atoms with Crippen LogP contribution >= 0.6 is 27.3 Å². The van der Waals surface area contributed by atoms with Gasteiger partial charge in [-0.05, 0) is 24.6 Å². The number of nitrogens with zero attached hydrogens (tertiary/aromatic N) is 1. The second-order valence-electron chi connectivity index (χ2n) is 3.62. The van der Waals surface area contributed by atoms with Crippen LogP contribution in [0.25, 0.3) is 0 Å². The minimum Gasteiger partial charge on any atom is -0.477 e. The van der Waals surface area contributed by atoms with E-state index in [-0.39, 0.29) is 0 Å². The summed E-state index contributed by atoms with van der Waals surface area (Å²) in [5, 5.41) is 9.86. The smallest absolute Gasteiger partial charge is 0.347 e. The van der Waals surface area contributed by atoms with Crippen LogP contribution in [0, 0.1) is 6.92 Å². The summed E-state index contributed by atoms with van der Waals surface area (Å²) in [6, 6.07) is 7.80. The van der Waals surface area contributed by atoms with Gasteiger partial charge in [-0.15, -0.1) is 11.3 Å². The minimum absolute atomic E-state index is 0.336. The van der Waals surface area contributed by atoms with Crippen molar-refractivity contribution in [2.45, 2.75) is 13.3 Å². The molecule has 0 amide bonds. The molecular formula is C12H10BrNO2S. The first-order valence-corrected chi connectivity index (χ1v) is 6.61. The van der Waals surface area contributed by atoms with E-state index in [1.54, 1.807) is 0 Å². The van der Waals surface area contributed by atoms with Crippen molar-refractivity contribution >= 4 is 33.2 Å². The monoisotopic (exact) mass is 311 g/mol. The number of carboxylic acid groups (broad SMARTS) is 1. The highest BCUT2D eigenvalue weighted by atomic mass is 79.9. The van der Waals surface area contributed by atoms with Gasteiger partial charge in [0, 0.05) is 10.9 Å². The average Bonchev–Trinajstić information content (AvgIpc) is 2.59. The third kappa shape index (κ3) is 2.92. The summed E-state index contributed by atoms with van der Waals surface area (Å²) in [6.45, 7) is 1.82. The van der Waals surface area contributed by atoms with E-state index < -0.39 is 5.97 Å². The van der Waals surface area contributed by atoms with Crippen LogP contribution in [0.1, 0.15) is 25.9 Å². The zero-order chi connectivity index (χ0) is 12.4. The maximum atomic E-state index is 11.1. The van der Waals surface area contributed by atoms with Crippen molar-refractivity contribution in [3.8, 4) is 0 Å². The van der Waals surface area contributed by atoms with E-state index in [1.165, 1.54) is 11.3 Å². The Bertz CT molecular complexity index is 565. The summed E-state index contributed by atoms with van der Waals surface area (Å²) >= 11 is 4.62. The topological polar surface area (TPSA) is 50.2 Å². The maximum absolute atomic E-state index is 11.1. The number of rotatable bonds is 3. The number of hydrogen-bond donors (Lipinski definition) is 1. The summed E-state index contributed by atoms with van der Waals surface area (Å²) in [5.41, 5.74) is 1.69. The van der Waals surface area contributed by atoms with Gasteiger partial charge in [-0.2, -0.15) is 0 Å². The van der Waals surface area contributed by atoms with E-state index in [2.05, 4.69) is 20.9 Å². The molecule has 0 fully saturated rings. The molecule has 0 radical (unpaired) electrons. The number of hydrogen-bond acceptors (Lipinski definition) is 3. The van der Waals surface area contributed by atoms with E-state index >= 15 is 0 Å². The third-order valence-electron chi connectivity index (χ3n) is 2.26. The van der Waals surface area contributed by atoms with Gasteiger partial charge >= 0.3 is 5.97 Å². The van der Waals surface area contributed by atoms with Crippen LogP contribution < -0.4 is 0 Å². The van der Waals surface area contributed by atoms with Crippen molar-refractivity contribution < 1.29 is 9.90 Å². The SMILES string of the molecule is Cc1nc(Cc2cccc(Br)c2)c(C(=O)O)s1. The van der Waals surface area contributed by atoms with E-state index in [0.717, 1.165) is 15.0 Å². The molecule has 0 unspecified atom stereocenters. The van der Waals surface area contributed by atoms with Crippen molar-refractivity contribution in [1.29, 1.82) is 0 Å². The molecule has 0 saturated carbocycles. The van der Waals surface area contributed by atoms with Crippen LogP contribution in [0.15, 0.2) is 28.7 Å². The molecule has 3 nitrogen and oxygen atoms in total. The molecule has 0 aliphatic carbocycles. The van der Waals surface area contributed by atoms with Crippen molar-refractivity contribution in [3.63, 3.8) is 0 Å². The van der Waals surface area contributed by atoms with Crippen LogP contribution in [0.2, 0.25) is 0 Å². The van der Waals surface area contributed by atoms with Gasteiger partial charge in [-0.1, -0.05) is 28.1 Å². The number of aryl methyl sites for hydroxylation is 1. The maximum Gasteiger partial charge on any atom is 0.347 e. The molecule has 1 N–H and O–H groups in total. The van der Waals surface area contributed by atoms with Gasteiger partial charge in [-0.25, -0.2) is 9.78 Å². The molecule has 1 heterocycles. The van der Waals surface area contributed by atoms with Crippen molar-refractivity contribution in [2.24, 2.45) is 0 Å². The van der Waals surface area contributed by atoms with Crippen LogP contribution in [-0.4, -0.2) is 16.1 Å². The fourth-order valence-corrected chi connectivity index (χ4v) is 2.82. The molecule has 0 aliphatic rings. The van der Waals surface area contributed by atoms with Crippen molar-refractivity contribution in [3.05, 3.63) is 49.9 Å². The van der Waals surface area contributed by atoms with Crippen molar-refractivity contribution in [2.75, 3.05) is 0 Å². The lowest BCUT2D eigenvalue weighted by Gasteiger charge is -2.00. The second kappa shape index (κ2) is 4.98. The molecule has 2 rings (SSSR count). The number of aromatic carboxylic acids is 1. The number of aromatic nitrogens is 1. The Hall–Kier alpha value is -1.20. The molecule has 0 atom stereocenters. The first-order chi connectivity index (χ1) is 8.06. The van der Waals surface area contributed by atoms with Gasteiger partial charge in [0.25, 0.3) is 0 Å². The molecule has 2 aromatic rings. The van der Waals surface area contributed by atoms with Gasteiger partial charge in [0.15, 0.2) is 0 Å². The highest BCUT2D eigenvalue weighted by Crippen LogP contribution is 2.22. The van der Waals surface area contributed by atoms with Crippen LogP contribution in [0.3, 0.4) is 0 Å². The van der Waals surface area contributed by atoms with Gasteiger partial charge in [0.2, 0.25) is 0 Å². The van der Waals surface area contributed by atoms with E-state index in [1.807, 2.05) is 31.2 Å². The molecule has 17 heavy (non-hydrogen) atoms. The Kier molecular flexibility index (Phi) is 3.59. The first-order valence-electron chi connectivity index (χ1n) is 5.00.